The maximum atomic E-state index is 11.7. The van der Waals surface area contributed by atoms with Gasteiger partial charge >= 0.3 is 0 Å². The molecule has 1 fully saturated rings. The Morgan fingerprint density at radius 3 is 2.57 bits per heavy atom. The van der Waals surface area contributed by atoms with Crippen LogP contribution in [0.1, 0.15) is 26.2 Å². The van der Waals surface area contributed by atoms with Crippen molar-refractivity contribution in [1.29, 1.82) is 0 Å². The lowest BCUT2D eigenvalue weighted by Crippen LogP contribution is -2.40. The van der Waals surface area contributed by atoms with Crippen LogP contribution < -0.4 is 5.73 Å². The minimum atomic E-state index is 0.110. The van der Waals surface area contributed by atoms with E-state index in [4.69, 9.17) is 18.0 Å². The van der Waals surface area contributed by atoms with Crippen LogP contribution >= 0.6 is 12.2 Å². The van der Waals surface area contributed by atoms with Crippen molar-refractivity contribution < 1.29 is 4.79 Å². The molecule has 0 aliphatic heterocycles. The van der Waals surface area contributed by atoms with Gasteiger partial charge in [-0.05, 0) is 12.8 Å². The van der Waals surface area contributed by atoms with E-state index in [9.17, 15) is 4.79 Å². The van der Waals surface area contributed by atoms with Crippen LogP contribution in [0.25, 0.3) is 0 Å². The summed E-state index contributed by atoms with van der Waals surface area (Å²) in [6.45, 7) is 2.59. The molecule has 0 spiro atoms. The second-order valence-corrected chi connectivity index (χ2v) is 4.62. The van der Waals surface area contributed by atoms with Crippen molar-refractivity contribution in [2.24, 2.45) is 17.6 Å². The van der Waals surface area contributed by atoms with Gasteiger partial charge in [0.25, 0.3) is 0 Å². The molecule has 1 aliphatic rings. The van der Waals surface area contributed by atoms with Crippen LogP contribution in [0, 0.1) is 11.8 Å². The highest BCUT2D eigenvalue weighted by Crippen LogP contribution is 2.27. The maximum Gasteiger partial charge on any atom is 0.225 e. The molecule has 1 atom stereocenters. The van der Waals surface area contributed by atoms with Crippen molar-refractivity contribution in [2.75, 3.05) is 13.6 Å². The van der Waals surface area contributed by atoms with Crippen LogP contribution in [0.4, 0.5) is 0 Å². The first kappa shape index (κ1) is 11.4. The number of rotatable bonds is 4. The number of carbonyl (C=O) groups is 1. The van der Waals surface area contributed by atoms with Gasteiger partial charge in [0.05, 0.1) is 4.99 Å². The van der Waals surface area contributed by atoms with Gasteiger partial charge in [-0.1, -0.05) is 25.6 Å². The second-order valence-electron chi connectivity index (χ2n) is 4.15. The monoisotopic (exact) mass is 214 g/mol. The topological polar surface area (TPSA) is 46.3 Å². The molecule has 0 aromatic rings. The minimum Gasteiger partial charge on any atom is -0.393 e. The van der Waals surface area contributed by atoms with Crippen molar-refractivity contribution in [1.82, 2.24) is 4.90 Å². The first-order chi connectivity index (χ1) is 6.52. The zero-order chi connectivity index (χ0) is 10.7. The summed E-state index contributed by atoms with van der Waals surface area (Å²) >= 11 is 4.87. The molecule has 0 saturated heterocycles. The third-order valence-corrected chi connectivity index (χ3v) is 3.27. The Balaban J connectivity index is 2.36. The number of nitrogens with zero attached hydrogens (tertiary/aromatic N) is 1. The first-order valence-corrected chi connectivity index (χ1v) is 5.47. The largest absolute Gasteiger partial charge is 0.393 e. The smallest absolute Gasteiger partial charge is 0.225 e. The maximum absolute atomic E-state index is 11.7. The summed E-state index contributed by atoms with van der Waals surface area (Å²) in [6.07, 6.45) is 3.28. The molecule has 1 amide bonds. The third kappa shape index (κ3) is 2.67. The molecule has 1 unspecified atom stereocenters. The highest BCUT2D eigenvalue weighted by atomic mass is 32.1. The lowest BCUT2D eigenvalue weighted by molar-refractivity contribution is -0.137. The van der Waals surface area contributed by atoms with Gasteiger partial charge in [0, 0.05) is 25.4 Å². The van der Waals surface area contributed by atoms with Crippen LogP contribution in [0.3, 0.4) is 0 Å². The molecule has 14 heavy (non-hydrogen) atoms. The summed E-state index contributed by atoms with van der Waals surface area (Å²) < 4.78 is 0. The minimum absolute atomic E-state index is 0.110. The van der Waals surface area contributed by atoms with Crippen LogP contribution in [-0.4, -0.2) is 29.4 Å². The van der Waals surface area contributed by atoms with Gasteiger partial charge < -0.3 is 10.6 Å². The zero-order valence-electron chi connectivity index (χ0n) is 8.82. The van der Waals surface area contributed by atoms with Gasteiger partial charge in [-0.3, -0.25) is 4.79 Å². The van der Waals surface area contributed by atoms with Crippen LogP contribution in [0.2, 0.25) is 0 Å². The van der Waals surface area contributed by atoms with Crippen molar-refractivity contribution in [3.8, 4) is 0 Å². The molecule has 0 radical (unpaired) electrons. The van der Waals surface area contributed by atoms with E-state index in [2.05, 4.69) is 0 Å². The number of hydrogen-bond donors (Lipinski definition) is 1. The predicted molar refractivity (Wildman–Crippen MR) is 60.9 cm³/mol. The average molecular weight is 214 g/mol. The Kier molecular flexibility index (Phi) is 3.86. The van der Waals surface area contributed by atoms with Crippen molar-refractivity contribution in [3.63, 3.8) is 0 Å². The molecule has 0 bridgehead atoms. The fraction of sp³-hybridized carbons (Fsp3) is 0.800. The van der Waals surface area contributed by atoms with E-state index in [1.165, 1.54) is 6.42 Å². The molecular formula is C10H18N2OS. The molecule has 1 rings (SSSR count). The van der Waals surface area contributed by atoms with Gasteiger partial charge in [-0.15, -0.1) is 0 Å². The summed E-state index contributed by atoms with van der Waals surface area (Å²) in [5.41, 5.74) is 5.50. The van der Waals surface area contributed by atoms with E-state index >= 15 is 0 Å². The van der Waals surface area contributed by atoms with Gasteiger partial charge in [-0.2, -0.15) is 0 Å². The standard InChI is InChI=1S/C10H18N2OS/c1-7(9(11)14)6-12(2)10(13)8-4-3-5-8/h7-8H,3-6H2,1-2H3,(H2,11,14). The Morgan fingerprint density at radius 2 is 2.21 bits per heavy atom. The van der Waals surface area contributed by atoms with E-state index in [0.29, 0.717) is 11.5 Å². The van der Waals surface area contributed by atoms with Gasteiger partial charge in [0.15, 0.2) is 0 Å². The Hall–Kier alpha value is -0.640. The molecule has 80 valence electrons. The molecule has 1 aliphatic carbocycles. The summed E-state index contributed by atoms with van der Waals surface area (Å²) in [6, 6.07) is 0. The van der Waals surface area contributed by atoms with Crippen molar-refractivity contribution in [2.45, 2.75) is 26.2 Å². The van der Waals surface area contributed by atoms with E-state index in [1.54, 1.807) is 4.90 Å². The molecular weight excluding hydrogens is 196 g/mol. The fourth-order valence-corrected chi connectivity index (χ4v) is 1.63. The first-order valence-electron chi connectivity index (χ1n) is 5.06. The van der Waals surface area contributed by atoms with Crippen molar-refractivity contribution >= 4 is 23.1 Å². The Morgan fingerprint density at radius 1 is 1.64 bits per heavy atom. The van der Waals surface area contributed by atoms with E-state index in [1.807, 2.05) is 14.0 Å². The lowest BCUT2D eigenvalue weighted by atomic mass is 9.84. The molecule has 0 aromatic heterocycles. The number of amides is 1. The summed E-state index contributed by atoms with van der Waals surface area (Å²) in [7, 11) is 1.83. The molecule has 2 N–H and O–H groups in total. The van der Waals surface area contributed by atoms with Gasteiger partial charge in [0.2, 0.25) is 5.91 Å². The normalized spacial score (nSPS) is 18.4. The number of hydrogen-bond acceptors (Lipinski definition) is 2. The quantitative estimate of drug-likeness (QED) is 0.715. The van der Waals surface area contributed by atoms with E-state index in [-0.39, 0.29) is 17.7 Å². The summed E-state index contributed by atoms with van der Waals surface area (Å²) in [5, 5.41) is 0. The SMILES string of the molecule is CC(CN(C)C(=O)C1CCC1)C(N)=S. The predicted octanol–water partition coefficient (Wildman–Crippen LogP) is 1.17. The Bertz CT molecular complexity index is 238. The number of carbonyl (C=O) groups excluding carboxylic acids is 1. The molecule has 1 saturated carbocycles. The van der Waals surface area contributed by atoms with Crippen LogP contribution in [0.5, 0.6) is 0 Å². The zero-order valence-corrected chi connectivity index (χ0v) is 9.64. The third-order valence-electron chi connectivity index (χ3n) is 2.86. The van der Waals surface area contributed by atoms with Crippen LogP contribution in [-0.2, 0) is 4.79 Å². The van der Waals surface area contributed by atoms with Gasteiger partial charge in [-0.25, -0.2) is 0 Å². The summed E-state index contributed by atoms with van der Waals surface area (Å²) in [5.74, 6) is 0.622. The highest BCUT2D eigenvalue weighted by Gasteiger charge is 2.28. The molecule has 4 heteroatoms. The number of thiocarbonyl (C=S) groups is 1. The van der Waals surface area contributed by atoms with E-state index in [0.717, 1.165) is 12.8 Å². The Labute approximate surface area is 90.6 Å². The highest BCUT2D eigenvalue weighted by molar-refractivity contribution is 7.80. The number of nitrogens with two attached hydrogens (primary N) is 1. The van der Waals surface area contributed by atoms with Crippen molar-refractivity contribution in [3.05, 3.63) is 0 Å². The molecule has 0 aromatic carbocycles. The van der Waals surface area contributed by atoms with E-state index < -0.39 is 0 Å². The average Bonchev–Trinajstić information content (AvgIpc) is 2.00. The second kappa shape index (κ2) is 4.73. The molecule has 0 heterocycles. The lowest BCUT2D eigenvalue weighted by Gasteiger charge is -2.30. The summed E-state index contributed by atoms with van der Waals surface area (Å²) in [4.78, 5) is 14.0. The molecule has 3 nitrogen and oxygen atoms in total. The fourth-order valence-electron chi connectivity index (χ4n) is 1.56. The van der Waals surface area contributed by atoms with Crippen LogP contribution in [0.15, 0.2) is 0 Å². The van der Waals surface area contributed by atoms with Gasteiger partial charge in [0.1, 0.15) is 0 Å².